The van der Waals surface area contributed by atoms with Crippen LogP contribution in [-0.4, -0.2) is 81.3 Å². The average Bonchev–Trinajstić information content (AvgIpc) is 2.59. The maximum atomic E-state index is 11.8. The summed E-state index contributed by atoms with van der Waals surface area (Å²) in [5, 5.41) is 48.5. The van der Waals surface area contributed by atoms with E-state index in [9.17, 15) is 30.3 Å². The molecule has 1 heterocycles. The van der Waals surface area contributed by atoms with Crippen LogP contribution in [0.4, 0.5) is 0 Å². The molecule has 154 valence electrons. The van der Waals surface area contributed by atoms with Crippen LogP contribution in [0.15, 0.2) is 23.8 Å². The van der Waals surface area contributed by atoms with Crippen molar-refractivity contribution in [1.29, 1.82) is 0 Å². The molecule has 0 bridgehead atoms. The molecule has 0 spiro atoms. The molecule has 0 aromatic carbocycles. The second-order valence-corrected chi connectivity index (χ2v) is 7.94. The van der Waals surface area contributed by atoms with E-state index in [0.29, 0.717) is 6.42 Å². The zero-order valence-electron chi connectivity index (χ0n) is 15.9. The highest BCUT2D eigenvalue weighted by Gasteiger charge is 2.44. The van der Waals surface area contributed by atoms with Crippen molar-refractivity contribution in [1.82, 2.24) is 0 Å². The van der Waals surface area contributed by atoms with Crippen LogP contribution in [0.3, 0.4) is 0 Å². The molecule has 0 aromatic rings. The molecule has 2 rings (SSSR count). The smallest absolute Gasteiger partial charge is 0.187 e. The van der Waals surface area contributed by atoms with Gasteiger partial charge in [-0.25, -0.2) is 0 Å². The third-order valence-corrected chi connectivity index (χ3v) is 5.21. The molecule has 5 N–H and O–H groups in total. The van der Waals surface area contributed by atoms with Gasteiger partial charge in [0.05, 0.1) is 13.2 Å². The number of carbonyl (C=O) groups excluding carboxylic acids is 1. The van der Waals surface area contributed by atoms with Crippen LogP contribution in [-0.2, 0) is 14.3 Å². The molecule has 1 saturated heterocycles. The van der Waals surface area contributed by atoms with Gasteiger partial charge in [0.15, 0.2) is 12.1 Å². The Kier molecular flexibility index (Phi) is 7.32. The highest BCUT2D eigenvalue weighted by atomic mass is 16.7. The topological polar surface area (TPSA) is 137 Å². The van der Waals surface area contributed by atoms with Gasteiger partial charge in [0.1, 0.15) is 30.5 Å². The second-order valence-electron chi connectivity index (χ2n) is 7.94. The molecule has 1 aliphatic heterocycles. The summed E-state index contributed by atoms with van der Waals surface area (Å²) in [7, 11) is 0. The van der Waals surface area contributed by atoms with Crippen molar-refractivity contribution in [3.05, 3.63) is 23.8 Å². The fourth-order valence-electron chi connectivity index (χ4n) is 3.72. The second kappa shape index (κ2) is 8.91. The van der Waals surface area contributed by atoms with Gasteiger partial charge in [-0.1, -0.05) is 31.6 Å². The summed E-state index contributed by atoms with van der Waals surface area (Å²) in [6.07, 6.45) is -2.28. The molecule has 0 unspecified atom stereocenters. The van der Waals surface area contributed by atoms with Crippen molar-refractivity contribution in [2.45, 2.75) is 64.0 Å². The lowest BCUT2D eigenvalue weighted by atomic mass is 9.68. The summed E-state index contributed by atoms with van der Waals surface area (Å²) >= 11 is 0. The summed E-state index contributed by atoms with van der Waals surface area (Å²) < 4.78 is 10.8. The highest BCUT2D eigenvalue weighted by Crippen LogP contribution is 2.40. The summed E-state index contributed by atoms with van der Waals surface area (Å²) in [6, 6.07) is 0. The van der Waals surface area contributed by atoms with Crippen LogP contribution in [0.2, 0.25) is 0 Å². The van der Waals surface area contributed by atoms with Gasteiger partial charge in [-0.05, 0) is 18.4 Å². The van der Waals surface area contributed by atoms with E-state index in [4.69, 9.17) is 9.47 Å². The number of hydrogen-bond acceptors (Lipinski definition) is 8. The Morgan fingerprint density at radius 1 is 1.26 bits per heavy atom. The van der Waals surface area contributed by atoms with Crippen LogP contribution >= 0.6 is 0 Å². The van der Waals surface area contributed by atoms with Crippen molar-refractivity contribution in [3.8, 4) is 0 Å². The normalized spacial score (nSPS) is 38.1. The number of carbonyl (C=O) groups is 1. The Morgan fingerprint density at radius 2 is 1.93 bits per heavy atom. The van der Waals surface area contributed by atoms with Crippen LogP contribution in [0.1, 0.15) is 27.2 Å². The third-order valence-electron chi connectivity index (χ3n) is 5.21. The Balaban J connectivity index is 2.10. The van der Waals surface area contributed by atoms with Gasteiger partial charge in [-0.2, -0.15) is 0 Å². The predicted octanol–water partition coefficient (Wildman–Crippen LogP) is -0.718. The largest absolute Gasteiger partial charge is 0.394 e. The van der Waals surface area contributed by atoms with E-state index in [-0.39, 0.29) is 17.1 Å². The summed E-state index contributed by atoms with van der Waals surface area (Å²) in [6.45, 7) is 4.89. The number of ether oxygens (including phenoxy) is 2. The molecular formula is C19H30O8. The van der Waals surface area contributed by atoms with Gasteiger partial charge in [0.2, 0.25) is 0 Å². The van der Waals surface area contributed by atoms with E-state index < -0.39 is 50.0 Å². The van der Waals surface area contributed by atoms with E-state index in [1.807, 2.05) is 26.8 Å². The van der Waals surface area contributed by atoms with Gasteiger partial charge in [0, 0.05) is 12.3 Å². The highest BCUT2D eigenvalue weighted by molar-refractivity contribution is 5.92. The fourth-order valence-corrected chi connectivity index (χ4v) is 3.72. The molecule has 0 aromatic heterocycles. The first kappa shape index (κ1) is 22.2. The zero-order chi connectivity index (χ0) is 20.4. The molecule has 1 aliphatic carbocycles. The standard InChI is InChI=1S/C19H30O8/c1-10-6-11(22)7-19(2,3)13(10)5-4-12(8-20)26-18-17(25)16(24)15(23)14(9-21)27-18/h4-6,12-18,20-21,23-25H,7-9H2,1-3H3/b5-4+/t12-,13+,14-,15-,16+,17-,18-/m1/s1. The van der Waals surface area contributed by atoms with Gasteiger partial charge in [-0.3, -0.25) is 4.79 Å². The van der Waals surface area contributed by atoms with Crippen molar-refractivity contribution in [2.75, 3.05) is 13.2 Å². The molecule has 27 heavy (non-hydrogen) atoms. The Hall–Kier alpha value is -1.13. The van der Waals surface area contributed by atoms with Crippen LogP contribution < -0.4 is 0 Å². The first-order chi connectivity index (χ1) is 12.6. The van der Waals surface area contributed by atoms with Gasteiger partial charge in [-0.15, -0.1) is 0 Å². The number of ketones is 1. The number of allylic oxidation sites excluding steroid dienone is 3. The third kappa shape index (κ3) is 5.03. The average molecular weight is 386 g/mol. The Labute approximate surface area is 158 Å². The SMILES string of the molecule is CC1=CC(=O)CC(C)(C)[C@H]1/C=C/[C@H](CO)O[C@@H]1O[C@H](CO)[C@@H](O)[C@H](O)[C@H]1O. The molecule has 8 nitrogen and oxygen atoms in total. The van der Waals surface area contributed by atoms with Crippen LogP contribution in [0.5, 0.6) is 0 Å². The van der Waals surface area contributed by atoms with Crippen molar-refractivity contribution < 1.29 is 39.8 Å². The van der Waals surface area contributed by atoms with Crippen molar-refractivity contribution in [3.63, 3.8) is 0 Å². The van der Waals surface area contributed by atoms with Crippen LogP contribution in [0, 0.1) is 11.3 Å². The van der Waals surface area contributed by atoms with Gasteiger partial charge >= 0.3 is 0 Å². The van der Waals surface area contributed by atoms with Crippen molar-refractivity contribution >= 4 is 5.78 Å². The predicted molar refractivity (Wildman–Crippen MR) is 95.5 cm³/mol. The summed E-state index contributed by atoms with van der Waals surface area (Å²) in [4.78, 5) is 11.8. The van der Waals surface area contributed by atoms with E-state index in [1.54, 1.807) is 12.2 Å². The minimum atomic E-state index is -1.54. The van der Waals surface area contributed by atoms with Crippen molar-refractivity contribution in [2.24, 2.45) is 11.3 Å². The van der Waals surface area contributed by atoms with Gasteiger partial charge in [0.25, 0.3) is 0 Å². The van der Waals surface area contributed by atoms with E-state index >= 15 is 0 Å². The Morgan fingerprint density at radius 3 is 2.48 bits per heavy atom. The molecular weight excluding hydrogens is 356 g/mol. The first-order valence-electron chi connectivity index (χ1n) is 9.07. The maximum Gasteiger partial charge on any atom is 0.187 e. The Bertz CT molecular complexity index is 582. The number of aliphatic hydroxyl groups excluding tert-OH is 5. The number of rotatable bonds is 6. The minimum Gasteiger partial charge on any atom is -0.394 e. The molecule has 7 atom stereocenters. The molecule has 2 aliphatic rings. The number of hydrogen-bond donors (Lipinski definition) is 5. The molecule has 1 fully saturated rings. The zero-order valence-corrected chi connectivity index (χ0v) is 15.9. The first-order valence-corrected chi connectivity index (χ1v) is 9.07. The maximum absolute atomic E-state index is 11.8. The monoisotopic (exact) mass is 386 g/mol. The van der Waals surface area contributed by atoms with E-state index in [0.717, 1.165) is 5.57 Å². The van der Waals surface area contributed by atoms with E-state index in [1.165, 1.54) is 0 Å². The van der Waals surface area contributed by atoms with Crippen LogP contribution in [0.25, 0.3) is 0 Å². The summed E-state index contributed by atoms with van der Waals surface area (Å²) in [5.74, 6) is 0.0566. The minimum absolute atomic E-state index is 0.0253. The van der Waals surface area contributed by atoms with E-state index in [2.05, 4.69) is 0 Å². The quantitative estimate of drug-likeness (QED) is 0.377. The molecule has 0 radical (unpaired) electrons. The molecule has 0 amide bonds. The van der Waals surface area contributed by atoms with Gasteiger partial charge < -0.3 is 35.0 Å². The molecule has 0 saturated carbocycles. The molecule has 8 heteroatoms. The lowest BCUT2D eigenvalue weighted by Gasteiger charge is -2.40. The lowest BCUT2D eigenvalue weighted by molar-refractivity contribution is -0.309. The number of aliphatic hydroxyl groups is 5. The fraction of sp³-hybridized carbons (Fsp3) is 0.737. The summed E-state index contributed by atoms with van der Waals surface area (Å²) in [5.41, 5.74) is 0.632. The lowest BCUT2D eigenvalue weighted by Crippen LogP contribution is -2.59.